The number of nitrogens with zero attached hydrogens (tertiary/aromatic N) is 4. The van der Waals surface area contributed by atoms with E-state index < -0.39 is 0 Å². The lowest BCUT2D eigenvalue weighted by atomic mass is 9.96. The number of carbonyl (C=O) groups is 1. The number of thiophene rings is 1. The number of likely N-dealkylation sites (tertiary alicyclic amines) is 1. The molecule has 8 heteroatoms. The van der Waals surface area contributed by atoms with Crippen LogP contribution in [0.4, 0.5) is 0 Å². The predicted octanol–water partition coefficient (Wildman–Crippen LogP) is 3.75. The SMILES string of the molecule is Cc1sc2ncn(CCC(=O)N3CCC(c4nc5ccccc5[nH]4)CC3)c(=O)c2c1C. The Hall–Kier alpha value is -3.00. The van der Waals surface area contributed by atoms with Crippen LogP contribution in [0.25, 0.3) is 21.3 Å². The fourth-order valence-corrected chi connectivity index (χ4v) is 5.36. The van der Waals surface area contributed by atoms with Crippen molar-refractivity contribution in [3.8, 4) is 0 Å². The normalized spacial score (nSPS) is 15.2. The minimum absolute atomic E-state index is 0.0526. The van der Waals surface area contributed by atoms with Gasteiger partial charge in [0.2, 0.25) is 5.91 Å². The number of amides is 1. The molecule has 3 aromatic heterocycles. The van der Waals surface area contributed by atoms with Crippen LogP contribution in [0.1, 0.15) is 41.4 Å². The molecule has 1 amide bonds. The van der Waals surface area contributed by atoms with Gasteiger partial charge in [0.15, 0.2) is 0 Å². The summed E-state index contributed by atoms with van der Waals surface area (Å²) in [4.78, 5) is 42.0. The predicted molar refractivity (Wildman–Crippen MR) is 123 cm³/mol. The van der Waals surface area contributed by atoms with Gasteiger partial charge in [-0.25, -0.2) is 9.97 Å². The van der Waals surface area contributed by atoms with Crippen molar-refractivity contribution in [1.82, 2.24) is 24.4 Å². The summed E-state index contributed by atoms with van der Waals surface area (Å²) in [5.41, 5.74) is 2.99. The number of carbonyl (C=O) groups excluding carboxylic acids is 1. The number of benzene rings is 1. The summed E-state index contributed by atoms with van der Waals surface area (Å²) in [6.45, 7) is 5.76. The van der Waals surface area contributed by atoms with Crippen LogP contribution in [0, 0.1) is 13.8 Å². The van der Waals surface area contributed by atoms with Crippen LogP contribution in [-0.2, 0) is 11.3 Å². The largest absolute Gasteiger partial charge is 0.343 e. The first-order valence-corrected chi connectivity index (χ1v) is 11.5. The Kier molecular flexibility index (Phi) is 5.09. The number of para-hydroxylation sites is 2. The Morgan fingerprint density at radius 2 is 2.00 bits per heavy atom. The van der Waals surface area contributed by atoms with E-state index in [1.165, 1.54) is 0 Å². The first-order chi connectivity index (χ1) is 15.0. The van der Waals surface area contributed by atoms with E-state index in [0.29, 0.717) is 24.3 Å². The van der Waals surface area contributed by atoms with Gasteiger partial charge in [-0.15, -0.1) is 11.3 Å². The van der Waals surface area contributed by atoms with Crippen LogP contribution in [0.5, 0.6) is 0 Å². The van der Waals surface area contributed by atoms with Gasteiger partial charge in [0.05, 0.1) is 22.7 Å². The molecule has 0 radical (unpaired) electrons. The first-order valence-electron chi connectivity index (χ1n) is 10.7. The Balaban J connectivity index is 1.21. The molecule has 7 nitrogen and oxygen atoms in total. The molecule has 1 N–H and O–H groups in total. The number of H-pyrrole nitrogens is 1. The number of aromatic nitrogens is 4. The summed E-state index contributed by atoms with van der Waals surface area (Å²) >= 11 is 1.54. The van der Waals surface area contributed by atoms with Crippen molar-refractivity contribution in [2.75, 3.05) is 13.1 Å². The second-order valence-electron chi connectivity index (χ2n) is 8.25. The summed E-state index contributed by atoms with van der Waals surface area (Å²) in [7, 11) is 0. The number of rotatable bonds is 4. The third kappa shape index (κ3) is 3.65. The molecule has 31 heavy (non-hydrogen) atoms. The zero-order chi connectivity index (χ0) is 21.5. The first kappa shape index (κ1) is 19.9. The molecule has 1 aromatic carbocycles. The summed E-state index contributed by atoms with van der Waals surface area (Å²) in [6.07, 6.45) is 3.67. The molecule has 1 aliphatic heterocycles. The van der Waals surface area contributed by atoms with Gasteiger partial charge in [-0.3, -0.25) is 14.2 Å². The van der Waals surface area contributed by atoms with Crippen molar-refractivity contribution in [2.24, 2.45) is 0 Å². The van der Waals surface area contributed by atoms with Gasteiger partial charge in [0.25, 0.3) is 5.56 Å². The third-order valence-electron chi connectivity index (χ3n) is 6.36. The third-order valence-corrected chi connectivity index (χ3v) is 7.48. The topological polar surface area (TPSA) is 83.9 Å². The molecule has 0 saturated carbocycles. The summed E-state index contributed by atoms with van der Waals surface area (Å²) in [5.74, 6) is 1.45. The average Bonchev–Trinajstić information content (AvgIpc) is 3.34. The maximum atomic E-state index is 12.8. The van der Waals surface area contributed by atoms with E-state index in [1.807, 2.05) is 43.0 Å². The van der Waals surface area contributed by atoms with Gasteiger partial charge in [-0.2, -0.15) is 0 Å². The highest BCUT2D eigenvalue weighted by Gasteiger charge is 2.25. The van der Waals surface area contributed by atoms with Gasteiger partial charge >= 0.3 is 0 Å². The standard InChI is InChI=1S/C23H25N5O2S/c1-14-15(2)31-22-20(14)23(30)28(13-24-22)12-9-19(29)27-10-7-16(8-11-27)21-25-17-5-3-4-6-18(17)26-21/h3-6,13,16H,7-12H2,1-2H3,(H,25,26). The Bertz CT molecular complexity index is 1290. The monoisotopic (exact) mass is 435 g/mol. The van der Waals surface area contributed by atoms with Crippen LogP contribution < -0.4 is 5.56 Å². The maximum Gasteiger partial charge on any atom is 0.262 e. The number of nitrogens with one attached hydrogen (secondary N) is 1. The lowest BCUT2D eigenvalue weighted by molar-refractivity contribution is -0.132. The number of fused-ring (bicyclic) bond motifs is 2. The molecule has 0 bridgehead atoms. The van der Waals surface area contributed by atoms with Crippen molar-refractivity contribution in [3.05, 3.63) is 57.2 Å². The molecule has 4 aromatic rings. The number of aromatic amines is 1. The quantitative estimate of drug-likeness (QED) is 0.529. The number of hydrogen-bond acceptors (Lipinski definition) is 5. The average molecular weight is 436 g/mol. The minimum atomic E-state index is -0.0526. The van der Waals surface area contributed by atoms with Crippen LogP contribution in [0.3, 0.4) is 0 Å². The molecule has 4 heterocycles. The molecule has 0 atom stereocenters. The Morgan fingerprint density at radius 3 is 2.77 bits per heavy atom. The van der Waals surface area contributed by atoms with Crippen molar-refractivity contribution >= 4 is 38.5 Å². The van der Waals surface area contributed by atoms with Crippen molar-refractivity contribution in [3.63, 3.8) is 0 Å². The van der Waals surface area contributed by atoms with Gasteiger partial charge in [0, 0.05) is 36.9 Å². The zero-order valence-corrected chi connectivity index (χ0v) is 18.5. The zero-order valence-electron chi connectivity index (χ0n) is 17.7. The molecule has 0 spiro atoms. The highest BCUT2D eigenvalue weighted by atomic mass is 32.1. The highest BCUT2D eigenvalue weighted by Crippen LogP contribution is 2.28. The van der Waals surface area contributed by atoms with Gasteiger partial charge in [-0.05, 0) is 44.4 Å². The van der Waals surface area contributed by atoms with E-state index in [0.717, 1.165) is 58.1 Å². The van der Waals surface area contributed by atoms with Crippen molar-refractivity contribution in [2.45, 2.75) is 45.6 Å². The summed E-state index contributed by atoms with van der Waals surface area (Å²) < 4.78 is 1.57. The van der Waals surface area contributed by atoms with Gasteiger partial charge in [-0.1, -0.05) is 12.1 Å². The van der Waals surface area contributed by atoms with Gasteiger partial charge in [0.1, 0.15) is 10.7 Å². The molecular formula is C23H25N5O2S. The molecule has 0 aliphatic carbocycles. The summed E-state index contributed by atoms with van der Waals surface area (Å²) in [6, 6.07) is 8.05. The van der Waals surface area contributed by atoms with Crippen molar-refractivity contribution in [1.29, 1.82) is 0 Å². The maximum absolute atomic E-state index is 12.8. The molecule has 0 unspecified atom stereocenters. The van der Waals surface area contributed by atoms with Crippen LogP contribution >= 0.6 is 11.3 Å². The van der Waals surface area contributed by atoms with E-state index >= 15 is 0 Å². The van der Waals surface area contributed by atoms with E-state index in [-0.39, 0.29) is 11.5 Å². The van der Waals surface area contributed by atoms with Gasteiger partial charge < -0.3 is 9.88 Å². The van der Waals surface area contributed by atoms with Crippen LogP contribution in [0.2, 0.25) is 0 Å². The molecule has 1 saturated heterocycles. The highest BCUT2D eigenvalue weighted by molar-refractivity contribution is 7.18. The minimum Gasteiger partial charge on any atom is -0.343 e. The number of piperidine rings is 1. The lowest BCUT2D eigenvalue weighted by Crippen LogP contribution is -2.38. The van der Waals surface area contributed by atoms with Crippen LogP contribution in [0.15, 0.2) is 35.4 Å². The Morgan fingerprint density at radius 1 is 1.23 bits per heavy atom. The smallest absolute Gasteiger partial charge is 0.262 e. The fraction of sp³-hybridized carbons (Fsp3) is 0.391. The second kappa shape index (κ2) is 7.92. The van der Waals surface area contributed by atoms with E-state index in [4.69, 9.17) is 4.98 Å². The fourth-order valence-electron chi connectivity index (χ4n) is 4.37. The molecule has 5 rings (SSSR count). The molecule has 160 valence electrons. The Labute approximate surface area is 183 Å². The second-order valence-corrected chi connectivity index (χ2v) is 9.45. The van der Waals surface area contributed by atoms with E-state index in [1.54, 1.807) is 22.2 Å². The lowest BCUT2D eigenvalue weighted by Gasteiger charge is -2.31. The molecule has 1 aliphatic rings. The van der Waals surface area contributed by atoms with E-state index in [2.05, 4.69) is 9.97 Å². The molecular weight excluding hydrogens is 410 g/mol. The van der Waals surface area contributed by atoms with Crippen molar-refractivity contribution < 1.29 is 4.79 Å². The van der Waals surface area contributed by atoms with Crippen LogP contribution in [-0.4, -0.2) is 43.4 Å². The molecule has 1 fully saturated rings. The number of imidazole rings is 1. The number of hydrogen-bond donors (Lipinski definition) is 1. The summed E-state index contributed by atoms with van der Waals surface area (Å²) in [5, 5.41) is 0.684. The van der Waals surface area contributed by atoms with E-state index in [9.17, 15) is 9.59 Å². The number of aryl methyl sites for hydroxylation is 3.